The molecule has 2 aromatic rings. The molecule has 100 valence electrons. The van der Waals surface area contributed by atoms with Crippen LogP contribution < -0.4 is 5.32 Å². The molecule has 0 bridgehead atoms. The first-order valence-electron chi connectivity index (χ1n) is 7.35. The van der Waals surface area contributed by atoms with E-state index in [4.69, 9.17) is 0 Å². The smallest absolute Gasteiger partial charge is 0.0478 e. The van der Waals surface area contributed by atoms with Gasteiger partial charge in [-0.3, -0.25) is 0 Å². The standard InChI is InChI=1S/C16H20N2S/c1-2-6-14-12(4-1)13-5-3-7-15(16(13)18-14)17-11-8-9-19-10-11/h1-2,4,6,11,15,17-18H,3,5,7-10H2. The molecule has 4 rings (SSSR count). The van der Waals surface area contributed by atoms with Gasteiger partial charge in [0.15, 0.2) is 0 Å². The number of nitrogens with one attached hydrogen (secondary N) is 2. The third-order valence-electron chi connectivity index (χ3n) is 4.48. The predicted molar refractivity (Wildman–Crippen MR) is 82.8 cm³/mol. The molecule has 2 N–H and O–H groups in total. The van der Waals surface area contributed by atoms with Crippen LogP contribution in [0.25, 0.3) is 10.9 Å². The maximum Gasteiger partial charge on any atom is 0.0478 e. The highest BCUT2D eigenvalue weighted by Crippen LogP contribution is 2.35. The van der Waals surface area contributed by atoms with Gasteiger partial charge in [0, 0.05) is 34.4 Å². The lowest BCUT2D eigenvalue weighted by Crippen LogP contribution is -2.34. The highest BCUT2D eigenvalue weighted by atomic mass is 32.2. The zero-order valence-corrected chi connectivity index (χ0v) is 11.9. The lowest BCUT2D eigenvalue weighted by atomic mass is 9.91. The first-order chi connectivity index (χ1) is 9.42. The molecule has 3 heteroatoms. The fourth-order valence-electron chi connectivity index (χ4n) is 3.53. The number of aromatic nitrogens is 1. The van der Waals surface area contributed by atoms with E-state index in [1.54, 1.807) is 5.56 Å². The Bertz CT molecular complexity index is 583. The average molecular weight is 272 g/mol. The van der Waals surface area contributed by atoms with Crippen molar-refractivity contribution >= 4 is 22.7 Å². The van der Waals surface area contributed by atoms with Crippen molar-refractivity contribution < 1.29 is 0 Å². The average Bonchev–Trinajstić information content (AvgIpc) is 3.06. The highest BCUT2D eigenvalue weighted by molar-refractivity contribution is 7.99. The Morgan fingerprint density at radius 1 is 1.21 bits per heavy atom. The van der Waals surface area contributed by atoms with Crippen LogP contribution in [0.2, 0.25) is 0 Å². The summed E-state index contributed by atoms with van der Waals surface area (Å²) in [6.45, 7) is 0. The minimum atomic E-state index is 0.542. The second kappa shape index (κ2) is 4.88. The molecule has 2 nitrogen and oxygen atoms in total. The van der Waals surface area contributed by atoms with Crippen LogP contribution in [-0.4, -0.2) is 22.5 Å². The summed E-state index contributed by atoms with van der Waals surface area (Å²) in [7, 11) is 0. The van der Waals surface area contributed by atoms with Crippen molar-refractivity contribution in [3.63, 3.8) is 0 Å². The summed E-state index contributed by atoms with van der Waals surface area (Å²) in [6.07, 6.45) is 5.15. The van der Waals surface area contributed by atoms with E-state index in [0.717, 1.165) is 0 Å². The molecule has 2 heterocycles. The van der Waals surface area contributed by atoms with E-state index in [1.165, 1.54) is 53.8 Å². The summed E-state index contributed by atoms with van der Waals surface area (Å²) in [5.41, 5.74) is 4.33. The minimum absolute atomic E-state index is 0.542. The minimum Gasteiger partial charge on any atom is -0.357 e. The summed E-state index contributed by atoms with van der Waals surface area (Å²) in [6, 6.07) is 10.0. The second-order valence-corrected chi connectivity index (χ2v) is 6.88. The second-order valence-electron chi connectivity index (χ2n) is 5.73. The molecule has 1 aromatic carbocycles. The van der Waals surface area contributed by atoms with Crippen molar-refractivity contribution in [3.05, 3.63) is 35.5 Å². The molecule has 1 aliphatic carbocycles. The Hall–Kier alpha value is -0.930. The Labute approximate surface area is 118 Å². The van der Waals surface area contributed by atoms with Crippen LogP contribution in [0.5, 0.6) is 0 Å². The zero-order chi connectivity index (χ0) is 12.7. The van der Waals surface area contributed by atoms with Crippen molar-refractivity contribution in [2.24, 2.45) is 0 Å². The first kappa shape index (κ1) is 11.9. The molecule has 0 saturated carbocycles. The molecule has 0 radical (unpaired) electrons. The van der Waals surface area contributed by atoms with Crippen LogP contribution in [0, 0.1) is 0 Å². The van der Waals surface area contributed by atoms with Crippen molar-refractivity contribution in [1.82, 2.24) is 10.3 Å². The molecule has 19 heavy (non-hydrogen) atoms. The van der Waals surface area contributed by atoms with Gasteiger partial charge in [0.1, 0.15) is 0 Å². The SMILES string of the molecule is c1ccc2c3c([nH]c2c1)C(NC1CCSC1)CCC3. The monoisotopic (exact) mass is 272 g/mol. The quantitative estimate of drug-likeness (QED) is 0.873. The number of hydrogen-bond donors (Lipinski definition) is 2. The summed E-state index contributed by atoms with van der Waals surface area (Å²) in [5.74, 6) is 2.61. The zero-order valence-electron chi connectivity index (χ0n) is 11.1. The maximum absolute atomic E-state index is 3.88. The molecule has 1 fully saturated rings. The molecule has 1 aliphatic heterocycles. The maximum atomic E-state index is 3.88. The Morgan fingerprint density at radius 2 is 2.16 bits per heavy atom. The van der Waals surface area contributed by atoms with Crippen molar-refractivity contribution in [1.29, 1.82) is 0 Å². The summed E-state index contributed by atoms with van der Waals surface area (Å²) >= 11 is 2.08. The first-order valence-corrected chi connectivity index (χ1v) is 8.50. The van der Waals surface area contributed by atoms with Crippen LogP contribution in [-0.2, 0) is 6.42 Å². The Morgan fingerprint density at radius 3 is 3.05 bits per heavy atom. The van der Waals surface area contributed by atoms with E-state index >= 15 is 0 Å². The normalized spacial score (nSPS) is 26.7. The van der Waals surface area contributed by atoms with Crippen LogP contribution >= 0.6 is 11.8 Å². The van der Waals surface area contributed by atoms with E-state index < -0.39 is 0 Å². The predicted octanol–water partition coefficient (Wildman–Crippen LogP) is 3.64. The molecular weight excluding hydrogens is 252 g/mol. The number of hydrogen-bond acceptors (Lipinski definition) is 2. The molecular formula is C16H20N2S. The summed E-state index contributed by atoms with van der Waals surface area (Å²) in [5, 5.41) is 5.32. The fraction of sp³-hybridized carbons (Fsp3) is 0.500. The highest BCUT2D eigenvalue weighted by Gasteiger charge is 2.27. The molecule has 2 unspecified atom stereocenters. The summed E-state index contributed by atoms with van der Waals surface area (Å²) in [4.78, 5) is 3.67. The lowest BCUT2D eigenvalue weighted by Gasteiger charge is -2.26. The van der Waals surface area contributed by atoms with Crippen molar-refractivity contribution in [2.75, 3.05) is 11.5 Å². The third-order valence-corrected chi connectivity index (χ3v) is 5.64. The third kappa shape index (κ3) is 2.09. The number of rotatable bonds is 2. The van der Waals surface area contributed by atoms with Gasteiger partial charge in [0.25, 0.3) is 0 Å². The Kier molecular flexibility index (Phi) is 3.04. The van der Waals surface area contributed by atoms with E-state index in [0.29, 0.717) is 12.1 Å². The van der Waals surface area contributed by atoms with Gasteiger partial charge in [-0.25, -0.2) is 0 Å². The lowest BCUT2D eigenvalue weighted by molar-refractivity contribution is 0.407. The van der Waals surface area contributed by atoms with Gasteiger partial charge in [0.2, 0.25) is 0 Å². The van der Waals surface area contributed by atoms with E-state index in [2.05, 4.69) is 46.3 Å². The molecule has 1 saturated heterocycles. The van der Waals surface area contributed by atoms with Gasteiger partial charge in [0.05, 0.1) is 0 Å². The van der Waals surface area contributed by atoms with Gasteiger partial charge < -0.3 is 10.3 Å². The van der Waals surface area contributed by atoms with E-state index in [-0.39, 0.29) is 0 Å². The topological polar surface area (TPSA) is 27.8 Å². The van der Waals surface area contributed by atoms with E-state index in [9.17, 15) is 0 Å². The number of thioether (sulfide) groups is 1. The molecule has 0 amide bonds. The molecule has 0 spiro atoms. The van der Waals surface area contributed by atoms with Gasteiger partial charge in [-0.15, -0.1) is 0 Å². The van der Waals surface area contributed by atoms with Crippen LogP contribution in [0.1, 0.15) is 36.6 Å². The molecule has 1 aromatic heterocycles. The van der Waals surface area contributed by atoms with Crippen LogP contribution in [0.4, 0.5) is 0 Å². The van der Waals surface area contributed by atoms with Gasteiger partial charge in [-0.05, 0) is 43.1 Å². The number of benzene rings is 1. The van der Waals surface area contributed by atoms with Gasteiger partial charge >= 0.3 is 0 Å². The Balaban J connectivity index is 1.69. The summed E-state index contributed by atoms with van der Waals surface area (Å²) < 4.78 is 0. The number of aromatic amines is 1. The largest absolute Gasteiger partial charge is 0.357 e. The van der Waals surface area contributed by atoms with Crippen LogP contribution in [0.15, 0.2) is 24.3 Å². The van der Waals surface area contributed by atoms with Gasteiger partial charge in [-0.2, -0.15) is 11.8 Å². The van der Waals surface area contributed by atoms with Crippen molar-refractivity contribution in [2.45, 2.75) is 37.8 Å². The van der Waals surface area contributed by atoms with Crippen molar-refractivity contribution in [3.8, 4) is 0 Å². The van der Waals surface area contributed by atoms with Crippen LogP contribution in [0.3, 0.4) is 0 Å². The number of fused-ring (bicyclic) bond motifs is 3. The number of H-pyrrole nitrogens is 1. The number of para-hydroxylation sites is 1. The van der Waals surface area contributed by atoms with Gasteiger partial charge in [-0.1, -0.05) is 18.2 Å². The number of aryl methyl sites for hydroxylation is 1. The molecule has 2 atom stereocenters. The van der Waals surface area contributed by atoms with E-state index in [1.807, 2.05) is 0 Å². The molecule has 2 aliphatic rings. The fourth-order valence-corrected chi connectivity index (χ4v) is 4.70.